The number of hydrogen-bond donors (Lipinski definition) is 1. The molecular weight excluding hydrogens is 202 g/mol. The maximum absolute atomic E-state index is 12.2. The average molecular weight is 219 g/mol. The van der Waals surface area contributed by atoms with Gasteiger partial charge in [-0.1, -0.05) is 6.08 Å². The number of rotatable bonds is 2. The standard InChI is InChI=1S/C12H17N3O/c1-2-9-5-6-11(14-9)12(16)15-7-3-4-10(15)8-13/h2,9-11,14H,1,3-7H2/t9-,10+,11-/m1/s1. The second-order valence-corrected chi connectivity index (χ2v) is 4.46. The molecule has 0 unspecified atom stereocenters. The number of carbonyl (C=O) groups excluding carboxylic acids is 1. The SMILES string of the molecule is C=C[C@@H]1CC[C@H](C(=O)N2CCC[C@H]2C#N)N1. The smallest absolute Gasteiger partial charge is 0.240 e. The highest BCUT2D eigenvalue weighted by molar-refractivity contribution is 5.83. The van der Waals surface area contributed by atoms with E-state index >= 15 is 0 Å². The predicted octanol–water partition coefficient (Wildman–Crippen LogP) is 0.808. The van der Waals surface area contributed by atoms with Crippen LogP contribution < -0.4 is 5.32 Å². The van der Waals surface area contributed by atoms with Crippen molar-refractivity contribution in [2.75, 3.05) is 6.54 Å². The molecule has 0 aromatic rings. The summed E-state index contributed by atoms with van der Waals surface area (Å²) in [6.45, 7) is 4.46. The minimum Gasteiger partial charge on any atom is -0.325 e. The van der Waals surface area contributed by atoms with E-state index in [2.05, 4.69) is 18.0 Å². The molecule has 86 valence electrons. The summed E-state index contributed by atoms with van der Waals surface area (Å²) in [4.78, 5) is 13.9. The summed E-state index contributed by atoms with van der Waals surface area (Å²) in [5, 5.41) is 12.2. The van der Waals surface area contributed by atoms with Gasteiger partial charge in [0, 0.05) is 12.6 Å². The summed E-state index contributed by atoms with van der Waals surface area (Å²) < 4.78 is 0. The Balaban J connectivity index is 1.98. The highest BCUT2D eigenvalue weighted by atomic mass is 16.2. The van der Waals surface area contributed by atoms with Crippen molar-refractivity contribution in [2.45, 2.75) is 43.8 Å². The maximum Gasteiger partial charge on any atom is 0.240 e. The molecule has 4 heteroatoms. The molecule has 3 atom stereocenters. The largest absolute Gasteiger partial charge is 0.325 e. The van der Waals surface area contributed by atoms with E-state index < -0.39 is 0 Å². The van der Waals surface area contributed by atoms with E-state index in [0.29, 0.717) is 0 Å². The molecule has 0 aliphatic carbocycles. The molecule has 0 saturated carbocycles. The van der Waals surface area contributed by atoms with Crippen LogP contribution >= 0.6 is 0 Å². The van der Waals surface area contributed by atoms with E-state index in [1.54, 1.807) is 4.90 Å². The van der Waals surface area contributed by atoms with Gasteiger partial charge in [-0.15, -0.1) is 6.58 Å². The van der Waals surface area contributed by atoms with Crippen LogP contribution in [0, 0.1) is 11.3 Å². The molecular formula is C12H17N3O. The van der Waals surface area contributed by atoms with Crippen LogP contribution in [0.3, 0.4) is 0 Å². The number of amides is 1. The highest BCUT2D eigenvalue weighted by Crippen LogP contribution is 2.21. The van der Waals surface area contributed by atoms with Crippen molar-refractivity contribution in [3.05, 3.63) is 12.7 Å². The molecule has 0 aromatic carbocycles. The van der Waals surface area contributed by atoms with Gasteiger partial charge >= 0.3 is 0 Å². The third-order valence-corrected chi connectivity index (χ3v) is 3.45. The lowest BCUT2D eigenvalue weighted by molar-refractivity contribution is -0.133. The van der Waals surface area contributed by atoms with Crippen molar-refractivity contribution in [1.29, 1.82) is 5.26 Å². The van der Waals surface area contributed by atoms with Gasteiger partial charge in [0.2, 0.25) is 5.91 Å². The molecule has 1 N–H and O–H groups in total. The van der Waals surface area contributed by atoms with Crippen LogP contribution in [0.25, 0.3) is 0 Å². The Morgan fingerprint density at radius 3 is 2.94 bits per heavy atom. The van der Waals surface area contributed by atoms with Gasteiger partial charge in [-0.05, 0) is 25.7 Å². The Labute approximate surface area is 95.9 Å². The lowest BCUT2D eigenvalue weighted by atomic mass is 10.1. The molecule has 2 aliphatic rings. The fourth-order valence-electron chi connectivity index (χ4n) is 2.52. The van der Waals surface area contributed by atoms with Gasteiger partial charge in [-0.25, -0.2) is 0 Å². The summed E-state index contributed by atoms with van der Waals surface area (Å²) >= 11 is 0. The summed E-state index contributed by atoms with van der Waals surface area (Å²) in [5.41, 5.74) is 0. The first-order valence-electron chi connectivity index (χ1n) is 5.85. The zero-order valence-corrected chi connectivity index (χ0v) is 9.35. The van der Waals surface area contributed by atoms with Crippen molar-refractivity contribution in [2.24, 2.45) is 0 Å². The van der Waals surface area contributed by atoms with Gasteiger partial charge < -0.3 is 4.90 Å². The first-order chi connectivity index (χ1) is 7.76. The molecule has 0 radical (unpaired) electrons. The van der Waals surface area contributed by atoms with Gasteiger partial charge in [0.1, 0.15) is 6.04 Å². The number of nitriles is 1. The molecule has 2 fully saturated rings. The number of hydrogen-bond acceptors (Lipinski definition) is 3. The molecule has 2 aliphatic heterocycles. The van der Waals surface area contributed by atoms with E-state index in [9.17, 15) is 4.79 Å². The van der Waals surface area contributed by atoms with Crippen molar-refractivity contribution < 1.29 is 4.79 Å². The second-order valence-electron chi connectivity index (χ2n) is 4.46. The van der Waals surface area contributed by atoms with Gasteiger partial charge in [0.05, 0.1) is 12.1 Å². The predicted molar refractivity (Wildman–Crippen MR) is 60.5 cm³/mol. The molecule has 2 saturated heterocycles. The molecule has 2 rings (SSSR count). The summed E-state index contributed by atoms with van der Waals surface area (Å²) in [5.74, 6) is 0.0911. The van der Waals surface area contributed by atoms with Crippen molar-refractivity contribution in [3.8, 4) is 6.07 Å². The number of carbonyl (C=O) groups is 1. The van der Waals surface area contributed by atoms with Gasteiger partial charge in [0.25, 0.3) is 0 Å². The number of nitrogens with one attached hydrogen (secondary N) is 1. The van der Waals surface area contributed by atoms with E-state index in [0.717, 1.165) is 32.2 Å². The van der Waals surface area contributed by atoms with Crippen LogP contribution in [0.5, 0.6) is 0 Å². The van der Waals surface area contributed by atoms with Crippen molar-refractivity contribution >= 4 is 5.91 Å². The topological polar surface area (TPSA) is 56.1 Å². The maximum atomic E-state index is 12.2. The Kier molecular flexibility index (Phi) is 3.25. The Hall–Kier alpha value is -1.34. The zero-order valence-electron chi connectivity index (χ0n) is 9.35. The van der Waals surface area contributed by atoms with Crippen LogP contribution in [0.15, 0.2) is 12.7 Å². The van der Waals surface area contributed by atoms with E-state index in [4.69, 9.17) is 5.26 Å². The average Bonchev–Trinajstić information content (AvgIpc) is 2.96. The van der Waals surface area contributed by atoms with Gasteiger partial charge in [-0.3, -0.25) is 10.1 Å². The summed E-state index contributed by atoms with van der Waals surface area (Å²) in [7, 11) is 0. The third kappa shape index (κ3) is 1.96. The van der Waals surface area contributed by atoms with E-state index in [1.807, 2.05) is 6.08 Å². The monoisotopic (exact) mass is 219 g/mol. The Bertz CT molecular complexity index is 334. The molecule has 0 spiro atoms. The highest BCUT2D eigenvalue weighted by Gasteiger charge is 2.35. The molecule has 4 nitrogen and oxygen atoms in total. The Morgan fingerprint density at radius 2 is 2.31 bits per heavy atom. The third-order valence-electron chi connectivity index (χ3n) is 3.45. The van der Waals surface area contributed by atoms with Crippen LogP contribution in [0.1, 0.15) is 25.7 Å². The fourth-order valence-corrected chi connectivity index (χ4v) is 2.52. The first-order valence-corrected chi connectivity index (χ1v) is 5.85. The Morgan fingerprint density at radius 1 is 1.50 bits per heavy atom. The zero-order chi connectivity index (χ0) is 11.5. The normalized spacial score (nSPS) is 33.7. The van der Waals surface area contributed by atoms with Crippen molar-refractivity contribution in [1.82, 2.24) is 10.2 Å². The summed E-state index contributed by atoms with van der Waals surface area (Å²) in [6, 6.07) is 2.12. The van der Waals surface area contributed by atoms with Crippen LogP contribution in [-0.4, -0.2) is 35.5 Å². The first kappa shape index (κ1) is 11.2. The number of likely N-dealkylation sites (tertiary alicyclic amines) is 1. The molecule has 1 amide bonds. The van der Waals surface area contributed by atoms with E-state index in [-0.39, 0.29) is 24.0 Å². The molecule has 2 heterocycles. The minimum atomic E-state index is -0.211. The number of nitrogens with zero attached hydrogens (tertiary/aromatic N) is 2. The van der Waals surface area contributed by atoms with Crippen molar-refractivity contribution in [3.63, 3.8) is 0 Å². The fraction of sp³-hybridized carbons (Fsp3) is 0.667. The molecule has 0 aromatic heterocycles. The van der Waals surface area contributed by atoms with E-state index in [1.165, 1.54) is 0 Å². The lowest BCUT2D eigenvalue weighted by Gasteiger charge is -2.23. The molecule has 16 heavy (non-hydrogen) atoms. The van der Waals surface area contributed by atoms with Crippen LogP contribution in [-0.2, 0) is 4.79 Å². The minimum absolute atomic E-state index is 0.0911. The van der Waals surface area contributed by atoms with Crippen LogP contribution in [0.4, 0.5) is 0 Å². The van der Waals surface area contributed by atoms with Crippen LogP contribution in [0.2, 0.25) is 0 Å². The quantitative estimate of drug-likeness (QED) is 0.699. The van der Waals surface area contributed by atoms with Gasteiger partial charge in [-0.2, -0.15) is 5.26 Å². The summed E-state index contributed by atoms with van der Waals surface area (Å²) in [6.07, 6.45) is 5.43. The lowest BCUT2D eigenvalue weighted by Crippen LogP contribution is -2.46. The second kappa shape index (κ2) is 4.67. The van der Waals surface area contributed by atoms with Gasteiger partial charge in [0.15, 0.2) is 0 Å². The molecule has 0 bridgehead atoms.